The van der Waals surface area contributed by atoms with Crippen molar-refractivity contribution in [3.63, 3.8) is 0 Å². The van der Waals surface area contributed by atoms with Crippen LogP contribution in [0.25, 0.3) is 0 Å². The van der Waals surface area contributed by atoms with Crippen LogP contribution in [0.2, 0.25) is 0 Å². The second-order valence-corrected chi connectivity index (χ2v) is 5.94. The molecule has 0 saturated heterocycles. The van der Waals surface area contributed by atoms with E-state index in [2.05, 4.69) is 41.5 Å². The third-order valence-corrected chi connectivity index (χ3v) is 2.99. The van der Waals surface area contributed by atoms with Crippen molar-refractivity contribution < 1.29 is 9.53 Å². The van der Waals surface area contributed by atoms with Gasteiger partial charge in [-0.25, -0.2) is 4.79 Å². The second-order valence-electron chi connectivity index (χ2n) is 5.94. The predicted octanol–water partition coefficient (Wildman–Crippen LogP) is 3.45. The molecule has 0 rings (SSSR count). The van der Waals surface area contributed by atoms with Crippen LogP contribution in [0.4, 0.5) is 0 Å². The van der Waals surface area contributed by atoms with E-state index >= 15 is 0 Å². The van der Waals surface area contributed by atoms with Crippen LogP contribution in [0.3, 0.4) is 0 Å². The monoisotopic (exact) mass is 212 g/mol. The summed E-state index contributed by atoms with van der Waals surface area (Å²) in [6, 6.07) is 0. The van der Waals surface area contributed by atoms with Crippen molar-refractivity contribution in [3.8, 4) is 0 Å². The maximum absolute atomic E-state index is 10.9. The predicted molar refractivity (Wildman–Crippen MR) is 63.2 cm³/mol. The van der Waals surface area contributed by atoms with Crippen LogP contribution in [-0.2, 0) is 9.53 Å². The van der Waals surface area contributed by atoms with Crippen LogP contribution in [-0.4, -0.2) is 13.1 Å². The lowest BCUT2D eigenvalue weighted by Crippen LogP contribution is -2.32. The fourth-order valence-corrected chi connectivity index (χ4v) is 2.04. The Hall–Kier alpha value is -0.750. The van der Waals surface area contributed by atoms with Crippen molar-refractivity contribution in [2.45, 2.75) is 48.0 Å². The summed E-state index contributed by atoms with van der Waals surface area (Å²) in [5, 5.41) is 0. The molecule has 0 radical (unpaired) electrons. The molecule has 0 heterocycles. The van der Waals surface area contributed by atoms with Crippen LogP contribution in [0.1, 0.15) is 48.0 Å². The van der Waals surface area contributed by atoms with Gasteiger partial charge in [-0.2, -0.15) is 0 Å². The largest absolute Gasteiger partial charge is 0.489 e. The van der Waals surface area contributed by atoms with E-state index in [9.17, 15) is 4.79 Å². The van der Waals surface area contributed by atoms with Gasteiger partial charge in [-0.15, -0.1) is 0 Å². The van der Waals surface area contributed by atoms with Gasteiger partial charge in [0.2, 0.25) is 0 Å². The van der Waals surface area contributed by atoms with E-state index in [1.807, 2.05) is 5.94 Å². The topological polar surface area (TPSA) is 26.3 Å². The van der Waals surface area contributed by atoms with Crippen LogP contribution in [0.15, 0.2) is 5.76 Å². The normalized spacial score (nSPS) is 15.7. The van der Waals surface area contributed by atoms with E-state index in [1.54, 1.807) is 7.11 Å². The first kappa shape index (κ1) is 14.2. The van der Waals surface area contributed by atoms with Gasteiger partial charge in [0.1, 0.15) is 0 Å². The Morgan fingerprint density at radius 2 is 1.73 bits per heavy atom. The van der Waals surface area contributed by atoms with E-state index in [4.69, 9.17) is 4.74 Å². The fourth-order valence-electron chi connectivity index (χ4n) is 2.04. The van der Waals surface area contributed by atoms with Crippen LogP contribution in [0.5, 0.6) is 0 Å². The molecule has 88 valence electrons. The van der Waals surface area contributed by atoms with E-state index in [1.165, 1.54) is 0 Å². The number of hydrogen-bond acceptors (Lipinski definition) is 2. The Bertz CT molecular complexity index is 254. The van der Waals surface area contributed by atoms with Gasteiger partial charge < -0.3 is 4.74 Å². The van der Waals surface area contributed by atoms with Gasteiger partial charge in [0.05, 0.1) is 7.11 Å². The van der Waals surface area contributed by atoms with Gasteiger partial charge in [0, 0.05) is 5.41 Å². The maximum Gasteiger partial charge on any atom is 0.185 e. The molecular weight excluding hydrogens is 188 g/mol. The Balaban J connectivity index is 5.16. The fraction of sp³-hybridized carbons (Fsp3) is 0.846. The molecule has 0 aromatic rings. The van der Waals surface area contributed by atoms with E-state index in [-0.39, 0.29) is 10.8 Å². The zero-order valence-electron chi connectivity index (χ0n) is 11.1. The van der Waals surface area contributed by atoms with Gasteiger partial charge in [0.25, 0.3) is 0 Å². The number of allylic oxidation sites excluding steroid dienone is 1. The Morgan fingerprint density at radius 3 is 1.93 bits per heavy atom. The smallest absolute Gasteiger partial charge is 0.185 e. The molecule has 0 fully saturated rings. The van der Waals surface area contributed by atoms with E-state index < -0.39 is 0 Å². The van der Waals surface area contributed by atoms with Crippen LogP contribution >= 0.6 is 0 Å². The first-order valence-corrected chi connectivity index (χ1v) is 5.47. The minimum atomic E-state index is -0.227. The van der Waals surface area contributed by atoms with Crippen LogP contribution in [0, 0.1) is 16.7 Å². The highest BCUT2D eigenvalue weighted by atomic mass is 16.5. The lowest BCUT2D eigenvalue weighted by Gasteiger charge is -2.38. The van der Waals surface area contributed by atoms with Gasteiger partial charge in [-0.05, 0) is 17.8 Å². The zero-order valence-corrected chi connectivity index (χ0v) is 11.1. The van der Waals surface area contributed by atoms with Crippen molar-refractivity contribution in [2.75, 3.05) is 7.11 Å². The van der Waals surface area contributed by atoms with Crippen LogP contribution < -0.4 is 0 Å². The zero-order chi connectivity index (χ0) is 12.3. The summed E-state index contributed by atoms with van der Waals surface area (Å²) in [7, 11) is 1.55. The minimum Gasteiger partial charge on any atom is -0.489 e. The first-order valence-electron chi connectivity index (χ1n) is 5.47. The van der Waals surface area contributed by atoms with Gasteiger partial charge in [0.15, 0.2) is 11.7 Å². The summed E-state index contributed by atoms with van der Waals surface area (Å²) < 4.78 is 5.16. The number of hydrogen-bond donors (Lipinski definition) is 0. The van der Waals surface area contributed by atoms with E-state index in [0.717, 1.165) is 6.42 Å². The quantitative estimate of drug-likeness (QED) is 0.527. The molecule has 1 atom stereocenters. The summed E-state index contributed by atoms with van der Waals surface area (Å²) in [4.78, 5) is 10.9. The molecule has 2 heteroatoms. The molecule has 0 bridgehead atoms. The average molecular weight is 212 g/mol. The molecule has 0 aromatic carbocycles. The molecule has 0 saturated carbocycles. The Kier molecular flexibility index (Phi) is 4.61. The van der Waals surface area contributed by atoms with E-state index in [0.29, 0.717) is 11.7 Å². The molecule has 2 nitrogen and oxygen atoms in total. The number of rotatable bonds is 4. The maximum atomic E-state index is 10.9. The summed E-state index contributed by atoms with van der Waals surface area (Å²) in [6.07, 6.45) is 0.913. The number of ether oxygens (including phenoxy) is 1. The lowest BCUT2D eigenvalue weighted by atomic mass is 9.68. The highest BCUT2D eigenvalue weighted by Crippen LogP contribution is 2.44. The highest BCUT2D eigenvalue weighted by molar-refractivity contribution is 5.52. The van der Waals surface area contributed by atoms with Crippen molar-refractivity contribution in [1.82, 2.24) is 0 Å². The molecule has 0 aliphatic carbocycles. The third-order valence-electron chi connectivity index (χ3n) is 2.99. The average Bonchev–Trinajstić information content (AvgIpc) is 2.02. The van der Waals surface area contributed by atoms with Crippen molar-refractivity contribution in [1.29, 1.82) is 0 Å². The summed E-state index contributed by atoms with van der Waals surface area (Å²) in [5.41, 5.74) is -0.0611. The minimum absolute atomic E-state index is 0.166. The molecule has 1 unspecified atom stereocenters. The SMILES string of the molecule is COC(=C=O)C(C)(CC(C)(C)C)C(C)C. The molecule has 0 aliphatic rings. The molecular formula is C13H24O2. The lowest BCUT2D eigenvalue weighted by molar-refractivity contribution is 0.0936. The van der Waals surface area contributed by atoms with Crippen molar-refractivity contribution in [3.05, 3.63) is 5.76 Å². The van der Waals surface area contributed by atoms with Gasteiger partial charge in [-0.3, -0.25) is 0 Å². The summed E-state index contributed by atoms with van der Waals surface area (Å²) in [5.74, 6) is 2.73. The Labute approximate surface area is 93.7 Å². The molecule has 0 spiro atoms. The number of carbonyl (C=O) groups excluding carboxylic acids is 1. The molecule has 0 aromatic heterocycles. The Morgan fingerprint density at radius 1 is 1.27 bits per heavy atom. The molecule has 0 aliphatic heterocycles. The van der Waals surface area contributed by atoms with Crippen molar-refractivity contribution >= 4 is 5.94 Å². The third kappa shape index (κ3) is 3.71. The molecule has 0 N–H and O–H groups in total. The van der Waals surface area contributed by atoms with Crippen molar-refractivity contribution in [2.24, 2.45) is 16.7 Å². The second kappa shape index (κ2) is 4.85. The summed E-state index contributed by atoms with van der Waals surface area (Å²) in [6.45, 7) is 12.8. The molecule has 0 amide bonds. The highest BCUT2D eigenvalue weighted by Gasteiger charge is 2.38. The van der Waals surface area contributed by atoms with Gasteiger partial charge in [-0.1, -0.05) is 41.5 Å². The summed E-state index contributed by atoms with van der Waals surface area (Å²) >= 11 is 0. The first-order chi connectivity index (χ1) is 6.67. The number of methoxy groups -OCH3 is 1. The molecule has 15 heavy (non-hydrogen) atoms. The van der Waals surface area contributed by atoms with Gasteiger partial charge >= 0.3 is 0 Å². The standard InChI is InChI=1S/C13H24O2/c1-10(2)13(6,9-12(3,4)5)11(8-14)15-7/h10H,9H2,1-7H3.